The molecular formula is C23H20ClN3O3. The summed E-state index contributed by atoms with van der Waals surface area (Å²) in [5, 5.41) is 15.0. The zero-order chi connectivity index (χ0) is 21.3. The maximum atomic E-state index is 12.3. The Labute approximate surface area is 179 Å². The number of carboxylic acids is 1. The predicted octanol–water partition coefficient (Wildman–Crippen LogP) is 5.68. The predicted molar refractivity (Wildman–Crippen MR) is 119 cm³/mol. The van der Waals surface area contributed by atoms with E-state index in [9.17, 15) is 9.59 Å². The van der Waals surface area contributed by atoms with Crippen LogP contribution in [-0.2, 0) is 4.79 Å². The number of hydrogen-bond acceptors (Lipinski definition) is 3. The Bertz CT molecular complexity index is 1070. The van der Waals surface area contributed by atoms with Crippen LogP contribution in [0.1, 0.15) is 24.0 Å². The lowest BCUT2D eigenvalue weighted by molar-refractivity contribution is -0.136. The summed E-state index contributed by atoms with van der Waals surface area (Å²) in [4.78, 5) is 27.4. The molecule has 0 unspecified atom stereocenters. The average molecular weight is 422 g/mol. The van der Waals surface area contributed by atoms with Gasteiger partial charge in [-0.3, -0.25) is 9.78 Å². The quantitative estimate of drug-likeness (QED) is 0.458. The van der Waals surface area contributed by atoms with E-state index in [2.05, 4.69) is 15.6 Å². The third kappa shape index (κ3) is 6.18. The van der Waals surface area contributed by atoms with Crippen LogP contribution in [-0.4, -0.2) is 22.1 Å². The highest BCUT2D eigenvalue weighted by Crippen LogP contribution is 2.26. The number of allylic oxidation sites excluding steroid dienone is 1. The summed E-state index contributed by atoms with van der Waals surface area (Å²) in [6, 6.07) is 17.5. The van der Waals surface area contributed by atoms with E-state index in [0.29, 0.717) is 22.8 Å². The molecule has 3 aromatic rings. The molecule has 3 N–H and O–H groups in total. The van der Waals surface area contributed by atoms with Crippen LogP contribution in [0.2, 0.25) is 5.02 Å². The fourth-order valence-corrected chi connectivity index (χ4v) is 3.08. The second-order valence-electron chi connectivity index (χ2n) is 6.46. The zero-order valence-electron chi connectivity index (χ0n) is 16.0. The van der Waals surface area contributed by atoms with Crippen molar-refractivity contribution < 1.29 is 14.7 Å². The fraction of sp³-hybridized carbons (Fsp3) is 0.0870. The van der Waals surface area contributed by atoms with Crippen LogP contribution in [0, 0.1) is 0 Å². The van der Waals surface area contributed by atoms with E-state index in [-0.39, 0.29) is 6.42 Å². The van der Waals surface area contributed by atoms with Crippen molar-refractivity contribution in [2.45, 2.75) is 12.8 Å². The van der Waals surface area contributed by atoms with E-state index in [1.807, 2.05) is 36.4 Å². The fourth-order valence-electron chi connectivity index (χ4n) is 2.89. The Kier molecular flexibility index (Phi) is 7.19. The Morgan fingerprint density at radius 1 is 0.967 bits per heavy atom. The van der Waals surface area contributed by atoms with Gasteiger partial charge < -0.3 is 15.7 Å². The maximum absolute atomic E-state index is 12.3. The lowest BCUT2D eigenvalue weighted by atomic mass is 9.97. The number of anilines is 2. The van der Waals surface area contributed by atoms with E-state index in [1.165, 1.54) is 0 Å². The van der Waals surface area contributed by atoms with E-state index in [1.54, 1.807) is 42.7 Å². The van der Waals surface area contributed by atoms with Crippen LogP contribution in [0.4, 0.5) is 16.2 Å². The van der Waals surface area contributed by atoms with Crippen molar-refractivity contribution in [3.05, 3.63) is 95.3 Å². The Balaban J connectivity index is 1.80. The molecule has 0 saturated heterocycles. The molecule has 2 aromatic carbocycles. The number of nitrogens with one attached hydrogen (secondary N) is 2. The van der Waals surface area contributed by atoms with Gasteiger partial charge in [0.2, 0.25) is 0 Å². The third-order valence-electron chi connectivity index (χ3n) is 4.19. The molecule has 0 saturated carbocycles. The molecule has 0 spiro atoms. The largest absolute Gasteiger partial charge is 0.481 e. The molecule has 6 nitrogen and oxygen atoms in total. The average Bonchev–Trinajstić information content (AvgIpc) is 2.72. The molecule has 0 aliphatic carbocycles. The monoisotopic (exact) mass is 421 g/mol. The molecule has 0 aliphatic rings. The van der Waals surface area contributed by atoms with Gasteiger partial charge in [-0.15, -0.1) is 0 Å². The van der Waals surface area contributed by atoms with Gasteiger partial charge in [0.15, 0.2) is 0 Å². The van der Waals surface area contributed by atoms with Crippen LogP contribution in [0.25, 0.3) is 5.57 Å². The Morgan fingerprint density at radius 3 is 2.33 bits per heavy atom. The van der Waals surface area contributed by atoms with Crippen molar-refractivity contribution in [2.24, 2.45) is 0 Å². The molecule has 30 heavy (non-hydrogen) atoms. The Hall–Kier alpha value is -3.64. The number of urea groups is 1. The smallest absolute Gasteiger partial charge is 0.323 e. The lowest BCUT2D eigenvalue weighted by Gasteiger charge is -2.12. The van der Waals surface area contributed by atoms with E-state index >= 15 is 0 Å². The number of rotatable bonds is 7. The number of halogens is 1. The summed E-state index contributed by atoms with van der Waals surface area (Å²) in [6.45, 7) is 0. The van der Waals surface area contributed by atoms with Gasteiger partial charge in [0.05, 0.1) is 0 Å². The number of hydrogen-bond donors (Lipinski definition) is 3. The molecule has 1 aromatic heterocycles. The van der Waals surface area contributed by atoms with Crippen LogP contribution in [0.5, 0.6) is 0 Å². The van der Waals surface area contributed by atoms with Crippen molar-refractivity contribution >= 4 is 40.5 Å². The number of aromatic nitrogens is 1. The molecule has 7 heteroatoms. The van der Waals surface area contributed by atoms with E-state index in [4.69, 9.17) is 16.7 Å². The molecule has 152 valence electrons. The SMILES string of the molecule is O=C(O)CCC=C(c1cccnc1)c1cccc(NC(=O)Nc2cccc(Cl)c2)c1. The molecule has 3 rings (SSSR count). The summed E-state index contributed by atoms with van der Waals surface area (Å²) in [5.74, 6) is -0.857. The van der Waals surface area contributed by atoms with Gasteiger partial charge in [0, 0.05) is 40.8 Å². The van der Waals surface area contributed by atoms with Crippen LogP contribution in [0.3, 0.4) is 0 Å². The minimum atomic E-state index is -0.857. The molecule has 0 bridgehead atoms. The van der Waals surface area contributed by atoms with E-state index in [0.717, 1.165) is 16.7 Å². The number of carbonyl (C=O) groups excluding carboxylic acids is 1. The molecule has 0 radical (unpaired) electrons. The molecule has 1 heterocycles. The first-order valence-electron chi connectivity index (χ1n) is 9.27. The van der Waals surface area contributed by atoms with Gasteiger partial charge >= 0.3 is 12.0 Å². The summed E-state index contributed by atoms with van der Waals surface area (Å²) in [7, 11) is 0. The van der Waals surface area contributed by atoms with Crippen LogP contribution < -0.4 is 10.6 Å². The first kappa shape index (κ1) is 21.1. The van der Waals surface area contributed by atoms with Crippen molar-refractivity contribution in [1.82, 2.24) is 4.98 Å². The number of pyridine rings is 1. The first-order valence-corrected chi connectivity index (χ1v) is 9.65. The molecule has 0 aliphatic heterocycles. The number of aliphatic carboxylic acids is 1. The van der Waals surface area contributed by atoms with Gasteiger partial charge in [0.25, 0.3) is 0 Å². The standard InChI is InChI=1S/C23H20ClN3O3/c24-18-7-2-9-20(14-18)27-23(30)26-19-8-1-5-16(13-19)21(10-3-11-22(28)29)17-6-4-12-25-15-17/h1-2,4-10,12-15H,3,11H2,(H,28,29)(H2,26,27,30). The maximum Gasteiger partial charge on any atom is 0.323 e. The second-order valence-corrected chi connectivity index (χ2v) is 6.90. The lowest BCUT2D eigenvalue weighted by Crippen LogP contribution is -2.19. The van der Waals surface area contributed by atoms with Gasteiger partial charge in [-0.25, -0.2) is 4.79 Å². The second kappa shape index (κ2) is 10.2. The summed E-state index contributed by atoms with van der Waals surface area (Å²) < 4.78 is 0. The number of nitrogens with zero attached hydrogens (tertiary/aromatic N) is 1. The molecule has 2 amide bonds. The summed E-state index contributed by atoms with van der Waals surface area (Å²) in [5.41, 5.74) is 3.74. The molecule has 0 atom stereocenters. The van der Waals surface area contributed by atoms with Crippen molar-refractivity contribution in [3.63, 3.8) is 0 Å². The highest BCUT2D eigenvalue weighted by Gasteiger charge is 2.09. The highest BCUT2D eigenvalue weighted by molar-refractivity contribution is 6.30. The third-order valence-corrected chi connectivity index (χ3v) is 4.43. The van der Waals surface area contributed by atoms with Gasteiger partial charge in [-0.1, -0.05) is 41.9 Å². The normalized spacial score (nSPS) is 11.0. The first-order chi connectivity index (χ1) is 14.5. The zero-order valence-corrected chi connectivity index (χ0v) is 16.8. The van der Waals surface area contributed by atoms with Crippen molar-refractivity contribution in [2.75, 3.05) is 10.6 Å². The van der Waals surface area contributed by atoms with Crippen molar-refractivity contribution in [1.29, 1.82) is 0 Å². The Morgan fingerprint density at radius 2 is 1.67 bits per heavy atom. The van der Waals surface area contributed by atoms with Gasteiger partial charge in [-0.05, 0) is 54.0 Å². The van der Waals surface area contributed by atoms with Crippen LogP contribution in [0.15, 0.2) is 79.1 Å². The van der Waals surface area contributed by atoms with Crippen LogP contribution >= 0.6 is 11.6 Å². The number of benzene rings is 2. The van der Waals surface area contributed by atoms with E-state index < -0.39 is 12.0 Å². The van der Waals surface area contributed by atoms with Crippen molar-refractivity contribution in [3.8, 4) is 0 Å². The number of carboxylic acid groups (broad SMARTS) is 1. The minimum absolute atomic E-state index is 0.0315. The van der Waals surface area contributed by atoms with Gasteiger partial charge in [0.1, 0.15) is 0 Å². The highest BCUT2D eigenvalue weighted by atomic mass is 35.5. The molecule has 0 fully saturated rings. The number of amides is 2. The topological polar surface area (TPSA) is 91.3 Å². The minimum Gasteiger partial charge on any atom is -0.481 e. The summed E-state index contributed by atoms with van der Waals surface area (Å²) in [6.07, 6.45) is 5.68. The molecular weight excluding hydrogens is 402 g/mol. The van der Waals surface area contributed by atoms with Gasteiger partial charge in [-0.2, -0.15) is 0 Å². The summed E-state index contributed by atoms with van der Waals surface area (Å²) >= 11 is 5.94. The number of carbonyl (C=O) groups is 2.